The van der Waals surface area contributed by atoms with Crippen LogP contribution >= 0.6 is 11.8 Å². The number of anilines is 2. The molecule has 32 heavy (non-hydrogen) atoms. The zero-order valence-corrected chi connectivity index (χ0v) is 20.0. The van der Waals surface area contributed by atoms with Crippen molar-refractivity contribution in [2.75, 3.05) is 10.0 Å². The molecule has 0 aliphatic carbocycles. The van der Waals surface area contributed by atoms with Crippen LogP contribution in [0.3, 0.4) is 0 Å². The fraction of sp³-hybridized carbons (Fsp3) is 0.261. The van der Waals surface area contributed by atoms with E-state index < -0.39 is 10.0 Å². The third-order valence-electron chi connectivity index (χ3n) is 4.63. The number of hydrogen-bond donors (Lipinski definition) is 2. The Hall–Kier alpha value is -2.91. The molecule has 0 spiro atoms. The third-order valence-corrected chi connectivity index (χ3v) is 7.08. The van der Waals surface area contributed by atoms with Crippen LogP contribution in [-0.4, -0.2) is 29.5 Å². The van der Waals surface area contributed by atoms with Crippen LogP contribution < -0.4 is 10.0 Å². The number of aromatic nitrogens is 2. The standard InChI is InChI=1S/C23H26N4O3S2/c1-16(31-19-10-6-17(7-11-19)23(2,3)4)21(28)26-18-8-12-20(13-9-18)32(29,30)27-22-24-14-5-15-25-22/h5-16H,1-4H3,(H,26,28)(H,24,25,27). The molecule has 3 aromatic rings. The SMILES string of the molecule is CC(Sc1ccc(C(C)(C)C)cc1)C(=O)Nc1ccc(S(=O)(=O)Nc2ncccn2)cc1. The summed E-state index contributed by atoms with van der Waals surface area (Å²) in [6.07, 6.45) is 2.89. The molecule has 1 unspecified atom stereocenters. The summed E-state index contributed by atoms with van der Waals surface area (Å²) in [5.74, 6) is -0.174. The molecule has 9 heteroatoms. The van der Waals surface area contributed by atoms with Gasteiger partial charge in [-0.05, 0) is 60.4 Å². The van der Waals surface area contributed by atoms with Crippen LogP contribution in [-0.2, 0) is 20.2 Å². The van der Waals surface area contributed by atoms with Gasteiger partial charge in [-0.3, -0.25) is 4.79 Å². The van der Waals surface area contributed by atoms with Gasteiger partial charge >= 0.3 is 0 Å². The van der Waals surface area contributed by atoms with Gasteiger partial charge in [0.25, 0.3) is 10.0 Å². The van der Waals surface area contributed by atoms with Crippen molar-refractivity contribution < 1.29 is 13.2 Å². The molecule has 0 aliphatic heterocycles. The van der Waals surface area contributed by atoms with Gasteiger partial charge in [-0.15, -0.1) is 11.8 Å². The van der Waals surface area contributed by atoms with Gasteiger partial charge in [0, 0.05) is 23.0 Å². The number of thioether (sulfide) groups is 1. The molecule has 7 nitrogen and oxygen atoms in total. The smallest absolute Gasteiger partial charge is 0.264 e. The van der Waals surface area contributed by atoms with E-state index in [2.05, 4.69) is 52.9 Å². The molecular formula is C23H26N4O3S2. The first kappa shape index (κ1) is 23.7. The zero-order chi connectivity index (χ0) is 23.4. The predicted molar refractivity (Wildman–Crippen MR) is 128 cm³/mol. The summed E-state index contributed by atoms with van der Waals surface area (Å²) >= 11 is 1.47. The molecule has 1 heterocycles. The highest BCUT2D eigenvalue weighted by molar-refractivity contribution is 8.00. The fourth-order valence-corrected chi connectivity index (χ4v) is 4.61. The second-order valence-electron chi connectivity index (χ2n) is 8.23. The highest BCUT2D eigenvalue weighted by Gasteiger charge is 2.18. The van der Waals surface area contributed by atoms with Crippen molar-refractivity contribution in [3.05, 3.63) is 72.6 Å². The van der Waals surface area contributed by atoms with Gasteiger partial charge in [0.1, 0.15) is 0 Å². The highest BCUT2D eigenvalue weighted by Crippen LogP contribution is 2.28. The Morgan fingerprint density at radius 3 is 2.12 bits per heavy atom. The molecule has 1 amide bonds. The fourth-order valence-electron chi connectivity index (χ4n) is 2.78. The number of nitrogens with zero attached hydrogens (tertiary/aromatic N) is 2. The normalized spacial score (nSPS) is 12.8. The first-order valence-electron chi connectivity index (χ1n) is 10.0. The maximum absolute atomic E-state index is 12.6. The van der Waals surface area contributed by atoms with Crippen LogP contribution in [0, 0.1) is 0 Å². The Bertz CT molecular complexity index is 1160. The van der Waals surface area contributed by atoms with Crippen LogP contribution in [0.1, 0.15) is 33.3 Å². The van der Waals surface area contributed by atoms with E-state index >= 15 is 0 Å². The van der Waals surface area contributed by atoms with Crippen molar-refractivity contribution in [1.82, 2.24) is 9.97 Å². The lowest BCUT2D eigenvalue weighted by atomic mass is 9.87. The van der Waals surface area contributed by atoms with Gasteiger partial charge < -0.3 is 5.32 Å². The number of benzene rings is 2. The Morgan fingerprint density at radius 2 is 1.56 bits per heavy atom. The van der Waals surface area contributed by atoms with Gasteiger partial charge in [-0.25, -0.2) is 23.1 Å². The molecule has 1 atom stereocenters. The summed E-state index contributed by atoms with van der Waals surface area (Å²) < 4.78 is 27.2. The minimum Gasteiger partial charge on any atom is -0.325 e. The van der Waals surface area contributed by atoms with Gasteiger partial charge in [0.2, 0.25) is 11.9 Å². The number of nitrogens with one attached hydrogen (secondary N) is 2. The number of carbonyl (C=O) groups excluding carboxylic acids is 1. The van der Waals surface area contributed by atoms with E-state index in [0.29, 0.717) is 5.69 Å². The average molecular weight is 471 g/mol. The van der Waals surface area contributed by atoms with Gasteiger partial charge in [0.15, 0.2) is 0 Å². The van der Waals surface area contributed by atoms with E-state index in [9.17, 15) is 13.2 Å². The molecule has 0 bridgehead atoms. The summed E-state index contributed by atoms with van der Waals surface area (Å²) in [5, 5.41) is 2.50. The molecule has 2 aromatic carbocycles. The van der Waals surface area contributed by atoms with Gasteiger partial charge in [-0.1, -0.05) is 32.9 Å². The molecule has 0 saturated heterocycles. The maximum Gasteiger partial charge on any atom is 0.264 e. The Kier molecular flexibility index (Phi) is 7.20. The minimum atomic E-state index is -3.82. The summed E-state index contributed by atoms with van der Waals surface area (Å²) in [4.78, 5) is 21.4. The second-order valence-corrected chi connectivity index (χ2v) is 11.3. The predicted octanol–water partition coefficient (Wildman–Crippen LogP) is 4.69. The summed E-state index contributed by atoms with van der Waals surface area (Å²) in [6.45, 7) is 8.31. The maximum atomic E-state index is 12.6. The van der Waals surface area contributed by atoms with Crippen molar-refractivity contribution in [2.24, 2.45) is 0 Å². The van der Waals surface area contributed by atoms with Gasteiger partial charge in [-0.2, -0.15) is 0 Å². The molecular weight excluding hydrogens is 444 g/mol. The lowest BCUT2D eigenvalue weighted by molar-refractivity contribution is -0.115. The molecule has 0 aliphatic rings. The van der Waals surface area contributed by atoms with E-state index in [0.717, 1.165) is 4.90 Å². The number of sulfonamides is 1. The first-order chi connectivity index (χ1) is 15.0. The van der Waals surface area contributed by atoms with E-state index in [1.54, 1.807) is 18.2 Å². The Morgan fingerprint density at radius 1 is 0.969 bits per heavy atom. The van der Waals surface area contributed by atoms with Crippen molar-refractivity contribution >= 4 is 39.3 Å². The lowest BCUT2D eigenvalue weighted by Crippen LogP contribution is -2.22. The van der Waals surface area contributed by atoms with Gasteiger partial charge in [0.05, 0.1) is 10.1 Å². The van der Waals surface area contributed by atoms with Crippen molar-refractivity contribution in [3.8, 4) is 0 Å². The van der Waals surface area contributed by atoms with E-state index in [1.807, 2.05) is 19.1 Å². The molecule has 0 radical (unpaired) electrons. The first-order valence-corrected chi connectivity index (χ1v) is 12.4. The largest absolute Gasteiger partial charge is 0.325 e. The Labute approximate surface area is 193 Å². The monoisotopic (exact) mass is 470 g/mol. The lowest BCUT2D eigenvalue weighted by Gasteiger charge is -2.19. The number of amides is 1. The molecule has 2 N–H and O–H groups in total. The van der Waals surface area contributed by atoms with Crippen LogP contribution in [0.5, 0.6) is 0 Å². The second kappa shape index (κ2) is 9.70. The topological polar surface area (TPSA) is 101 Å². The molecule has 168 valence electrons. The minimum absolute atomic E-state index is 0.00809. The summed E-state index contributed by atoms with van der Waals surface area (Å²) in [5.41, 5.74) is 1.83. The van der Waals surface area contributed by atoms with E-state index in [-0.39, 0.29) is 27.4 Å². The highest BCUT2D eigenvalue weighted by atomic mass is 32.2. The van der Waals surface area contributed by atoms with Crippen LogP contribution in [0.4, 0.5) is 11.6 Å². The van der Waals surface area contributed by atoms with Crippen LogP contribution in [0.2, 0.25) is 0 Å². The quantitative estimate of drug-likeness (QED) is 0.486. The molecule has 1 aromatic heterocycles. The number of hydrogen-bond acceptors (Lipinski definition) is 6. The Balaban J connectivity index is 1.60. The van der Waals surface area contributed by atoms with E-state index in [4.69, 9.17) is 0 Å². The van der Waals surface area contributed by atoms with Crippen LogP contribution in [0.15, 0.2) is 76.8 Å². The molecule has 0 fully saturated rings. The van der Waals surface area contributed by atoms with Crippen molar-refractivity contribution in [3.63, 3.8) is 0 Å². The summed E-state index contributed by atoms with van der Waals surface area (Å²) in [7, 11) is -3.82. The number of carbonyl (C=O) groups is 1. The molecule has 3 rings (SSSR count). The van der Waals surface area contributed by atoms with Crippen molar-refractivity contribution in [1.29, 1.82) is 0 Å². The number of rotatable bonds is 7. The van der Waals surface area contributed by atoms with Crippen LogP contribution in [0.25, 0.3) is 0 Å². The third kappa shape index (κ3) is 6.30. The molecule has 0 saturated carbocycles. The average Bonchev–Trinajstić information content (AvgIpc) is 2.74. The zero-order valence-electron chi connectivity index (χ0n) is 18.4. The van der Waals surface area contributed by atoms with E-state index in [1.165, 1.54) is 41.9 Å². The van der Waals surface area contributed by atoms with Crippen molar-refractivity contribution in [2.45, 2.75) is 48.2 Å². The summed E-state index contributed by atoms with van der Waals surface area (Å²) in [6, 6.07) is 15.8.